The molecule has 106 valence electrons. The van der Waals surface area contributed by atoms with E-state index in [2.05, 4.69) is 10.1 Å². The minimum absolute atomic E-state index is 0.151. The molecule has 0 atom stereocenters. The van der Waals surface area contributed by atoms with Crippen molar-refractivity contribution in [1.29, 1.82) is 0 Å². The molecule has 2 heterocycles. The molecule has 0 radical (unpaired) electrons. The first-order valence-electron chi connectivity index (χ1n) is 6.60. The average molecular weight is 280 g/mol. The second kappa shape index (κ2) is 4.70. The summed E-state index contributed by atoms with van der Waals surface area (Å²) >= 11 is 0. The third kappa shape index (κ3) is 2.07. The van der Waals surface area contributed by atoms with E-state index in [0.29, 0.717) is 16.6 Å². The Hall–Kier alpha value is -2.69. The summed E-state index contributed by atoms with van der Waals surface area (Å²) in [5, 5.41) is 16.4. The molecule has 0 aliphatic carbocycles. The number of hydrogen-bond acceptors (Lipinski definition) is 4. The maximum Gasteiger partial charge on any atom is 0.0753 e. The lowest BCUT2D eigenvalue weighted by atomic mass is 10.0. The van der Waals surface area contributed by atoms with E-state index < -0.39 is 5.97 Å². The Morgan fingerprint density at radius 1 is 1.24 bits per heavy atom. The second-order valence-corrected chi connectivity index (χ2v) is 5.03. The predicted molar refractivity (Wildman–Crippen MR) is 77.7 cm³/mol. The number of pyridine rings is 1. The maximum atomic E-state index is 11.4. The van der Waals surface area contributed by atoms with E-state index in [9.17, 15) is 9.90 Å². The van der Waals surface area contributed by atoms with E-state index in [1.54, 1.807) is 28.9 Å². The van der Waals surface area contributed by atoms with Gasteiger partial charge in [-0.05, 0) is 26.0 Å². The normalized spacial score (nSPS) is 11.0. The maximum absolute atomic E-state index is 11.4. The van der Waals surface area contributed by atoms with Crippen molar-refractivity contribution in [1.82, 2.24) is 14.8 Å². The highest BCUT2D eigenvalue weighted by Crippen LogP contribution is 2.28. The van der Waals surface area contributed by atoms with Gasteiger partial charge in [0.2, 0.25) is 0 Å². The van der Waals surface area contributed by atoms with Gasteiger partial charge < -0.3 is 9.90 Å². The zero-order valence-corrected chi connectivity index (χ0v) is 12.0. The van der Waals surface area contributed by atoms with Crippen LogP contribution in [0.25, 0.3) is 22.2 Å². The Morgan fingerprint density at radius 2 is 1.95 bits per heavy atom. The van der Waals surface area contributed by atoms with E-state index in [4.69, 9.17) is 0 Å². The van der Waals surface area contributed by atoms with Crippen molar-refractivity contribution < 1.29 is 9.90 Å². The molecule has 0 aliphatic heterocycles. The van der Waals surface area contributed by atoms with E-state index in [1.807, 2.05) is 27.0 Å². The van der Waals surface area contributed by atoms with Gasteiger partial charge in [-0.15, -0.1) is 0 Å². The number of aromatic nitrogens is 3. The molecule has 0 aliphatic rings. The fourth-order valence-corrected chi connectivity index (χ4v) is 2.62. The lowest BCUT2D eigenvalue weighted by molar-refractivity contribution is -0.254. The molecule has 21 heavy (non-hydrogen) atoms. The summed E-state index contributed by atoms with van der Waals surface area (Å²) in [6.07, 6.45) is 0. The molecule has 3 rings (SSSR count). The van der Waals surface area contributed by atoms with Crippen LogP contribution in [-0.4, -0.2) is 20.7 Å². The van der Waals surface area contributed by atoms with Crippen LogP contribution in [0.5, 0.6) is 0 Å². The van der Waals surface area contributed by atoms with Crippen LogP contribution in [0, 0.1) is 13.8 Å². The van der Waals surface area contributed by atoms with Crippen molar-refractivity contribution in [2.45, 2.75) is 13.8 Å². The summed E-state index contributed by atoms with van der Waals surface area (Å²) in [6.45, 7) is 3.82. The van der Waals surface area contributed by atoms with Crippen LogP contribution in [0.15, 0.2) is 30.3 Å². The Balaban J connectivity index is 2.36. The molecule has 5 heteroatoms. The van der Waals surface area contributed by atoms with E-state index in [-0.39, 0.29) is 5.56 Å². The van der Waals surface area contributed by atoms with Crippen LogP contribution >= 0.6 is 0 Å². The summed E-state index contributed by atoms with van der Waals surface area (Å²) in [5.74, 6) is -1.20. The molecule has 0 saturated carbocycles. The second-order valence-electron chi connectivity index (χ2n) is 5.03. The molecular weight excluding hydrogens is 266 g/mol. The zero-order valence-electron chi connectivity index (χ0n) is 12.0. The number of fused-ring (bicyclic) bond motifs is 1. The molecule has 0 amide bonds. The number of carbonyl (C=O) groups is 1. The molecule has 2 aromatic heterocycles. The quantitative estimate of drug-likeness (QED) is 0.715. The average Bonchev–Trinajstić information content (AvgIpc) is 2.70. The number of benzene rings is 1. The Labute approximate surface area is 121 Å². The van der Waals surface area contributed by atoms with E-state index in [1.165, 1.54) is 0 Å². The lowest BCUT2D eigenvalue weighted by Gasteiger charge is -2.10. The third-order valence-electron chi connectivity index (χ3n) is 3.70. The van der Waals surface area contributed by atoms with Crippen LogP contribution in [0.4, 0.5) is 0 Å². The monoisotopic (exact) mass is 280 g/mol. The molecular formula is C16H14N3O2-. The smallest absolute Gasteiger partial charge is 0.0753 e. The van der Waals surface area contributed by atoms with Crippen LogP contribution in [0.3, 0.4) is 0 Å². The first kappa shape index (κ1) is 13.3. The molecule has 0 bridgehead atoms. The van der Waals surface area contributed by atoms with Crippen molar-refractivity contribution in [2.24, 2.45) is 7.05 Å². The largest absolute Gasteiger partial charge is 0.545 e. The van der Waals surface area contributed by atoms with E-state index >= 15 is 0 Å². The van der Waals surface area contributed by atoms with Crippen LogP contribution in [0.2, 0.25) is 0 Å². The number of carboxylic acids is 1. The van der Waals surface area contributed by atoms with Crippen LogP contribution in [-0.2, 0) is 7.05 Å². The lowest BCUT2D eigenvalue weighted by Crippen LogP contribution is -2.22. The van der Waals surface area contributed by atoms with E-state index in [0.717, 1.165) is 17.0 Å². The first-order valence-corrected chi connectivity index (χ1v) is 6.60. The minimum Gasteiger partial charge on any atom is -0.545 e. The van der Waals surface area contributed by atoms with Gasteiger partial charge in [0, 0.05) is 29.3 Å². The van der Waals surface area contributed by atoms with Crippen molar-refractivity contribution in [3.63, 3.8) is 0 Å². The summed E-state index contributed by atoms with van der Waals surface area (Å²) in [5.41, 5.74) is 4.03. The molecule has 0 unspecified atom stereocenters. The van der Waals surface area contributed by atoms with Crippen LogP contribution < -0.4 is 5.11 Å². The summed E-state index contributed by atoms with van der Waals surface area (Å²) < 4.78 is 1.76. The number of hydrogen-bond donors (Lipinski definition) is 0. The van der Waals surface area contributed by atoms with Gasteiger partial charge in [0.05, 0.1) is 22.9 Å². The minimum atomic E-state index is -1.20. The highest BCUT2D eigenvalue weighted by atomic mass is 16.4. The highest BCUT2D eigenvalue weighted by Gasteiger charge is 2.15. The van der Waals surface area contributed by atoms with Gasteiger partial charge in [0.1, 0.15) is 0 Å². The number of para-hydroxylation sites is 1. The predicted octanol–water partition coefficient (Wildman–Crippen LogP) is 1.62. The number of rotatable bonds is 2. The molecule has 3 aromatic rings. The third-order valence-corrected chi connectivity index (χ3v) is 3.70. The first-order chi connectivity index (χ1) is 9.99. The summed E-state index contributed by atoms with van der Waals surface area (Å²) in [4.78, 5) is 16.0. The van der Waals surface area contributed by atoms with Gasteiger partial charge in [-0.25, -0.2) is 4.98 Å². The topological polar surface area (TPSA) is 70.8 Å². The standard InChI is InChI=1S/C16H15N3O2/c1-9-15(10(2)19(3)18-9)14-8-12(16(20)21)11-6-4-5-7-13(11)17-14/h4-8H,1-3H3,(H,20,21)/p-1. The zero-order chi connectivity index (χ0) is 15.1. The SMILES string of the molecule is Cc1nn(C)c(C)c1-c1cc(C(=O)[O-])c2ccccc2n1. The molecule has 0 saturated heterocycles. The number of carbonyl (C=O) groups excluding carboxylic acids is 1. The number of aryl methyl sites for hydroxylation is 2. The highest BCUT2D eigenvalue weighted by molar-refractivity contribution is 6.02. The van der Waals surface area contributed by atoms with Gasteiger partial charge in [0.25, 0.3) is 0 Å². The van der Waals surface area contributed by atoms with Gasteiger partial charge in [-0.1, -0.05) is 18.2 Å². The van der Waals surface area contributed by atoms with Crippen molar-refractivity contribution in [3.05, 3.63) is 47.3 Å². The molecule has 0 spiro atoms. The van der Waals surface area contributed by atoms with Crippen molar-refractivity contribution >= 4 is 16.9 Å². The molecule has 0 fully saturated rings. The van der Waals surface area contributed by atoms with Gasteiger partial charge >= 0.3 is 0 Å². The van der Waals surface area contributed by atoms with Gasteiger partial charge in [-0.3, -0.25) is 4.68 Å². The summed E-state index contributed by atoms with van der Waals surface area (Å²) in [7, 11) is 1.85. The van der Waals surface area contributed by atoms with Crippen molar-refractivity contribution in [2.75, 3.05) is 0 Å². The molecule has 0 N–H and O–H groups in total. The number of nitrogens with zero attached hydrogens (tertiary/aromatic N) is 3. The van der Waals surface area contributed by atoms with Gasteiger partial charge in [-0.2, -0.15) is 5.10 Å². The Morgan fingerprint density at radius 3 is 2.57 bits per heavy atom. The van der Waals surface area contributed by atoms with Crippen LogP contribution in [0.1, 0.15) is 21.7 Å². The number of carboxylic acid groups (broad SMARTS) is 1. The molecule has 5 nitrogen and oxygen atoms in total. The fourth-order valence-electron chi connectivity index (χ4n) is 2.62. The number of aromatic carboxylic acids is 1. The molecule has 1 aromatic carbocycles. The fraction of sp³-hybridized carbons (Fsp3) is 0.188. The Kier molecular flexibility index (Phi) is 2.97. The van der Waals surface area contributed by atoms with Crippen molar-refractivity contribution in [3.8, 4) is 11.3 Å². The van der Waals surface area contributed by atoms with Gasteiger partial charge in [0.15, 0.2) is 0 Å². The summed E-state index contributed by atoms with van der Waals surface area (Å²) in [6, 6.07) is 8.72. The Bertz CT molecular complexity index is 865.